The number of benzene rings is 2. The molecule has 0 fully saturated rings. The molecule has 0 saturated carbocycles. The number of rotatable bonds is 8. The Kier molecular flexibility index (Phi) is 7.05. The molecule has 166 valence electrons. The van der Waals surface area contributed by atoms with Crippen LogP contribution in [0, 0.1) is 10.1 Å². The van der Waals surface area contributed by atoms with E-state index < -0.39 is 37.6 Å². The molecule has 3 rings (SSSR count). The van der Waals surface area contributed by atoms with Gasteiger partial charge in [0.2, 0.25) is 0 Å². The van der Waals surface area contributed by atoms with Gasteiger partial charge < -0.3 is 9.29 Å². The molecule has 12 heteroatoms. The van der Waals surface area contributed by atoms with E-state index in [1.54, 1.807) is 19.1 Å². The normalized spacial score (nSPS) is 16.4. The zero-order valence-corrected chi connectivity index (χ0v) is 18.2. The van der Waals surface area contributed by atoms with Gasteiger partial charge >= 0.3 is 16.1 Å². The highest BCUT2D eigenvalue weighted by molar-refractivity contribution is 8.15. The Balaban J connectivity index is 1.88. The van der Waals surface area contributed by atoms with Gasteiger partial charge in [0.25, 0.3) is 5.69 Å². The summed E-state index contributed by atoms with van der Waals surface area (Å²) in [5.41, 5.74) is 0.412. The minimum Gasteiger partial charge on any atom is -0.480 e. The van der Waals surface area contributed by atoms with Crippen molar-refractivity contribution in [3.8, 4) is 5.75 Å². The van der Waals surface area contributed by atoms with E-state index in [9.17, 15) is 23.3 Å². The van der Waals surface area contributed by atoms with Crippen LogP contribution in [0.15, 0.2) is 63.4 Å². The number of hydrogen-bond donors (Lipinski definition) is 1. The zero-order valence-electron chi connectivity index (χ0n) is 16.6. The molecule has 0 aliphatic carbocycles. The maximum Gasteiger partial charge on any atom is 0.346 e. The van der Waals surface area contributed by atoms with Crippen LogP contribution in [0.25, 0.3) is 6.08 Å². The number of carbonyl (C=O) groups is 1. The first-order valence-electron chi connectivity index (χ1n) is 9.13. The van der Waals surface area contributed by atoms with Crippen molar-refractivity contribution >= 4 is 56.6 Å². The van der Waals surface area contributed by atoms with E-state index in [0.29, 0.717) is 22.0 Å². The Morgan fingerprint density at radius 2 is 2.09 bits per heavy atom. The van der Waals surface area contributed by atoms with Crippen LogP contribution in [0.1, 0.15) is 12.5 Å². The van der Waals surface area contributed by atoms with E-state index in [1.165, 1.54) is 48.3 Å². The zero-order chi connectivity index (χ0) is 23.3. The highest BCUT2D eigenvalue weighted by atomic mass is 32.2. The quantitative estimate of drug-likeness (QED) is 0.263. The first kappa shape index (κ1) is 23.2. The SMILES string of the molecule is C/C=C\c1cc(OS(=O)(=O)c2ccccc2[N+](=O)[O-])ccc1/N=C/C1=N[C@@H](C(=O)O)CS1. The van der Waals surface area contributed by atoms with E-state index in [2.05, 4.69) is 9.98 Å². The Hall–Kier alpha value is -3.51. The van der Waals surface area contributed by atoms with Crippen molar-refractivity contribution < 1.29 is 27.4 Å². The average Bonchev–Trinajstić information content (AvgIpc) is 3.23. The van der Waals surface area contributed by atoms with Crippen molar-refractivity contribution in [1.82, 2.24) is 0 Å². The fraction of sp³-hybridized carbons (Fsp3) is 0.150. The third kappa shape index (κ3) is 5.39. The van der Waals surface area contributed by atoms with Crippen LogP contribution in [0.5, 0.6) is 5.75 Å². The molecule has 0 radical (unpaired) electrons. The molecule has 0 aromatic heterocycles. The second-order valence-corrected chi connectivity index (χ2v) is 8.93. The maximum absolute atomic E-state index is 12.6. The number of nitro benzene ring substituents is 1. The predicted molar refractivity (Wildman–Crippen MR) is 122 cm³/mol. The number of allylic oxidation sites excluding steroid dienone is 1. The highest BCUT2D eigenvalue weighted by Crippen LogP contribution is 2.30. The van der Waals surface area contributed by atoms with E-state index >= 15 is 0 Å². The standard InChI is InChI=1S/C20H17N3O7S2/c1-2-5-13-10-14(30-32(28,29)18-7-4-3-6-17(18)23(26)27)8-9-15(13)21-11-19-22-16(12-31-19)20(24)25/h2-11,16H,12H2,1H3,(H,24,25)/b5-2-,21-11+/t16-/m1/s1. The van der Waals surface area contributed by atoms with Gasteiger partial charge in [0, 0.05) is 17.4 Å². The van der Waals surface area contributed by atoms with Gasteiger partial charge in [-0.3, -0.25) is 20.1 Å². The van der Waals surface area contributed by atoms with Gasteiger partial charge in [-0.05, 0) is 31.2 Å². The molecule has 0 spiro atoms. The van der Waals surface area contributed by atoms with Gasteiger partial charge in [-0.15, -0.1) is 11.8 Å². The summed E-state index contributed by atoms with van der Waals surface area (Å²) in [4.78, 5) is 29.2. The summed E-state index contributed by atoms with van der Waals surface area (Å²) in [5, 5.41) is 20.6. The van der Waals surface area contributed by atoms with Crippen LogP contribution < -0.4 is 4.18 Å². The number of hydrogen-bond acceptors (Lipinski definition) is 9. The summed E-state index contributed by atoms with van der Waals surface area (Å²) in [5.74, 6) is -0.722. The number of carboxylic acid groups (broad SMARTS) is 1. The van der Waals surface area contributed by atoms with Crippen molar-refractivity contribution in [3.05, 3.63) is 64.2 Å². The van der Waals surface area contributed by atoms with Crippen LogP contribution in [-0.2, 0) is 14.9 Å². The number of carboxylic acids is 1. The predicted octanol–water partition coefficient (Wildman–Crippen LogP) is 3.70. The lowest BCUT2D eigenvalue weighted by Gasteiger charge is -2.09. The number of nitrogens with zero attached hydrogens (tertiary/aromatic N) is 3. The highest BCUT2D eigenvalue weighted by Gasteiger charge is 2.27. The molecule has 2 aromatic rings. The molecule has 2 aromatic carbocycles. The first-order chi connectivity index (χ1) is 15.2. The third-order valence-electron chi connectivity index (χ3n) is 4.15. The van der Waals surface area contributed by atoms with Crippen LogP contribution in [0.3, 0.4) is 0 Å². The number of aliphatic imine (C=N–C) groups is 2. The molecule has 0 unspecified atom stereocenters. The lowest BCUT2D eigenvalue weighted by molar-refractivity contribution is -0.387. The summed E-state index contributed by atoms with van der Waals surface area (Å²) < 4.78 is 30.4. The second kappa shape index (κ2) is 9.75. The molecule has 0 amide bonds. The van der Waals surface area contributed by atoms with Crippen molar-refractivity contribution in [2.75, 3.05) is 5.75 Å². The Labute approximate surface area is 187 Å². The lowest BCUT2D eigenvalue weighted by atomic mass is 10.1. The molecule has 10 nitrogen and oxygen atoms in total. The van der Waals surface area contributed by atoms with Gasteiger partial charge in [-0.25, -0.2) is 4.79 Å². The van der Waals surface area contributed by atoms with Gasteiger partial charge in [0.1, 0.15) is 10.8 Å². The molecular weight excluding hydrogens is 458 g/mol. The topological polar surface area (TPSA) is 149 Å². The van der Waals surface area contributed by atoms with Crippen molar-refractivity contribution in [2.45, 2.75) is 17.9 Å². The maximum atomic E-state index is 12.6. The second-order valence-electron chi connectivity index (χ2n) is 6.37. The molecule has 1 N–H and O–H groups in total. The van der Waals surface area contributed by atoms with Crippen LogP contribution in [0.2, 0.25) is 0 Å². The number of aliphatic carboxylic acids is 1. The first-order valence-corrected chi connectivity index (χ1v) is 11.5. The largest absolute Gasteiger partial charge is 0.480 e. The summed E-state index contributed by atoms with van der Waals surface area (Å²) in [6, 6.07) is 8.43. The van der Waals surface area contributed by atoms with Gasteiger partial charge in [-0.1, -0.05) is 24.3 Å². The third-order valence-corrected chi connectivity index (χ3v) is 6.44. The van der Waals surface area contributed by atoms with Crippen LogP contribution in [0.4, 0.5) is 11.4 Å². The minimum atomic E-state index is -4.46. The molecule has 1 aliphatic rings. The summed E-state index contributed by atoms with van der Waals surface area (Å²) >= 11 is 1.27. The molecule has 1 atom stereocenters. The number of nitro groups is 1. The number of para-hydroxylation sites is 1. The fourth-order valence-electron chi connectivity index (χ4n) is 2.72. The van der Waals surface area contributed by atoms with Crippen molar-refractivity contribution in [2.24, 2.45) is 9.98 Å². The summed E-state index contributed by atoms with van der Waals surface area (Å²) in [6.45, 7) is 1.76. The van der Waals surface area contributed by atoms with Gasteiger partial charge in [0.15, 0.2) is 10.9 Å². The molecule has 1 aliphatic heterocycles. The molecule has 32 heavy (non-hydrogen) atoms. The molecule has 0 saturated heterocycles. The van der Waals surface area contributed by atoms with Gasteiger partial charge in [-0.2, -0.15) is 8.42 Å². The Bertz CT molecular complexity index is 1250. The van der Waals surface area contributed by atoms with E-state index in [-0.39, 0.29) is 5.75 Å². The lowest BCUT2D eigenvalue weighted by Crippen LogP contribution is -2.17. The smallest absolute Gasteiger partial charge is 0.346 e. The monoisotopic (exact) mass is 475 g/mol. The minimum absolute atomic E-state index is 0.0475. The Morgan fingerprint density at radius 3 is 2.75 bits per heavy atom. The average molecular weight is 476 g/mol. The molecular formula is C20H17N3O7S2. The van der Waals surface area contributed by atoms with E-state index in [1.807, 2.05) is 0 Å². The van der Waals surface area contributed by atoms with Crippen molar-refractivity contribution in [1.29, 1.82) is 0 Å². The fourth-order valence-corrected chi connectivity index (χ4v) is 4.69. The molecule has 1 heterocycles. The summed E-state index contributed by atoms with van der Waals surface area (Å²) in [7, 11) is -4.46. The Morgan fingerprint density at radius 1 is 1.34 bits per heavy atom. The van der Waals surface area contributed by atoms with E-state index in [0.717, 1.165) is 12.1 Å². The summed E-state index contributed by atoms with van der Waals surface area (Å²) in [6.07, 6.45) is 4.85. The molecule has 0 bridgehead atoms. The van der Waals surface area contributed by atoms with Crippen LogP contribution >= 0.6 is 11.8 Å². The van der Waals surface area contributed by atoms with E-state index in [4.69, 9.17) is 9.29 Å². The number of thioether (sulfide) groups is 1. The van der Waals surface area contributed by atoms with Gasteiger partial charge in [0.05, 0.1) is 16.8 Å². The van der Waals surface area contributed by atoms with Crippen molar-refractivity contribution in [3.63, 3.8) is 0 Å². The van der Waals surface area contributed by atoms with Crippen LogP contribution in [-0.4, -0.2) is 47.5 Å².